The molecule has 4 rings (SSSR count). The number of pyridine rings is 2. The summed E-state index contributed by atoms with van der Waals surface area (Å²) < 4.78 is 1.66. The van der Waals surface area contributed by atoms with Gasteiger partial charge in [0.15, 0.2) is 0 Å². The molecule has 14 heteroatoms. The molecule has 0 atom stereocenters. The molecule has 2 aliphatic heterocycles. The number of nitrogens with zero attached hydrogens (tertiary/aromatic N) is 6. The number of hydrazine groups is 2. The molecule has 4 heterocycles. The van der Waals surface area contributed by atoms with Crippen LogP contribution in [0.5, 0.6) is 0 Å². The third kappa shape index (κ3) is 7.57. The van der Waals surface area contributed by atoms with Gasteiger partial charge in [-0.05, 0) is 37.1 Å². The smallest absolute Gasteiger partial charge is 0.265 e. The summed E-state index contributed by atoms with van der Waals surface area (Å²) in [4.78, 5) is 37.0. The molecule has 2 fully saturated rings. The van der Waals surface area contributed by atoms with Crippen LogP contribution in [0, 0.1) is 0 Å². The summed E-state index contributed by atoms with van der Waals surface area (Å²) in [6, 6.07) is 6.74. The molecule has 0 spiro atoms. The standard InChI is InChI=1S/C22H26N8O2S4/c31-19(17-3-7-23-8-4-17)25-29-13-27(21(33)35-15-29)11-1-2-12-28-14-30(16-36-22(28)34)26-20(32)18-5-9-24-10-6-18/h3-10H,1-2,11-16H2,(H,25,31)(H,26,32). The van der Waals surface area contributed by atoms with Gasteiger partial charge < -0.3 is 9.80 Å². The van der Waals surface area contributed by atoms with Crippen molar-refractivity contribution >= 4 is 68.4 Å². The molecule has 0 bridgehead atoms. The number of carbonyl (C=O) groups is 2. The van der Waals surface area contributed by atoms with Crippen LogP contribution in [0.3, 0.4) is 0 Å². The van der Waals surface area contributed by atoms with Gasteiger partial charge in [-0.25, -0.2) is 0 Å². The largest absolute Gasteiger partial charge is 0.343 e. The van der Waals surface area contributed by atoms with E-state index >= 15 is 0 Å². The molecule has 0 unspecified atom stereocenters. The van der Waals surface area contributed by atoms with E-state index < -0.39 is 0 Å². The molecule has 2 aromatic rings. The van der Waals surface area contributed by atoms with E-state index in [1.807, 2.05) is 10.0 Å². The molecule has 2 amide bonds. The molecule has 36 heavy (non-hydrogen) atoms. The Morgan fingerprint density at radius 1 is 0.750 bits per heavy atom. The van der Waals surface area contributed by atoms with Gasteiger partial charge in [0, 0.05) is 49.0 Å². The minimum Gasteiger partial charge on any atom is -0.343 e. The number of unbranched alkanes of at least 4 members (excludes halogenated alkanes) is 1. The van der Waals surface area contributed by atoms with E-state index in [1.54, 1.807) is 49.1 Å². The number of amides is 2. The maximum Gasteiger partial charge on any atom is 0.265 e. The molecule has 2 aromatic heterocycles. The molecule has 0 radical (unpaired) electrons. The third-order valence-electron chi connectivity index (χ3n) is 5.40. The van der Waals surface area contributed by atoms with Gasteiger partial charge in [0.05, 0.1) is 25.1 Å². The van der Waals surface area contributed by atoms with Crippen molar-refractivity contribution in [1.82, 2.24) is 40.6 Å². The van der Waals surface area contributed by atoms with Crippen LogP contribution < -0.4 is 10.9 Å². The lowest BCUT2D eigenvalue weighted by Crippen LogP contribution is -2.53. The van der Waals surface area contributed by atoms with Gasteiger partial charge in [0.2, 0.25) is 0 Å². The van der Waals surface area contributed by atoms with E-state index in [0.29, 0.717) is 36.2 Å². The first kappa shape index (κ1) is 26.7. The van der Waals surface area contributed by atoms with Crippen LogP contribution in [0.2, 0.25) is 0 Å². The zero-order valence-corrected chi connectivity index (χ0v) is 22.7. The monoisotopic (exact) mass is 562 g/mol. The molecule has 0 aliphatic carbocycles. The maximum atomic E-state index is 12.4. The number of carbonyl (C=O) groups excluding carboxylic acids is 2. The van der Waals surface area contributed by atoms with Gasteiger partial charge in [0.25, 0.3) is 11.8 Å². The van der Waals surface area contributed by atoms with E-state index in [2.05, 4.69) is 30.6 Å². The summed E-state index contributed by atoms with van der Waals surface area (Å²) in [5, 5.41) is 3.73. The van der Waals surface area contributed by atoms with Crippen molar-refractivity contribution in [1.29, 1.82) is 0 Å². The second kappa shape index (κ2) is 13.3. The second-order valence-electron chi connectivity index (χ2n) is 8.03. The normalized spacial score (nSPS) is 17.2. The minimum atomic E-state index is -0.164. The predicted octanol–water partition coefficient (Wildman–Crippen LogP) is 2.35. The molecule has 0 aromatic carbocycles. The summed E-state index contributed by atoms with van der Waals surface area (Å²) in [5.41, 5.74) is 7.01. The summed E-state index contributed by atoms with van der Waals surface area (Å²) in [6.45, 7) is 2.64. The fourth-order valence-electron chi connectivity index (χ4n) is 3.55. The molecular weight excluding hydrogens is 537 g/mol. The first-order chi connectivity index (χ1) is 17.5. The van der Waals surface area contributed by atoms with E-state index in [9.17, 15) is 9.59 Å². The lowest BCUT2D eigenvalue weighted by molar-refractivity contribution is 0.0733. The molecule has 0 saturated carbocycles. The lowest BCUT2D eigenvalue weighted by Gasteiger charge is -2.37. The highest BCUT2D eigenvalue weighted by atomic mass is 32.2. The van der Waals surface area contributed by atoms with Crippen molar-refractivity contribution < 1.29 is 9.59 Å². The van der Waals surface area contributed by atoms with Crippen molar-refractivity contribution in [2.24, 2.45) is 0 Å². The predicted molar refractivity (Wildman–Crippen MR) is 150 cm³/mol. The summed E-state index contributed by atoms with van der Waals surface area (Å²) >= 11 is 14.1. The Bertz CT molecular complexity index is 993. The number of aromatic nitrogens is 2. The van der Waals surface area contributed by atoms with Crippen LogP contribution in [0.1, 0.15) is 33.6 Å². The van der Waals surface area contributed by atoms with Crippen LogP contribution in [-0.4, -0.2) is 88.4 Å². The number of nitrogens with one attached hydrogen (secondary N) is 2. The van der Waals surface area contributed by atoms with Crippen LogP contribution >= 0.6 is 48.0 Å². The Labute approximate surface area is 229 Å². The minimum absolute atomic E-state index is 0.164. The van der Waals surface area contributed by atoms with E-state index in [4.69, 9.17) is 24.4 Å². The Kier molecular flexibility index (Phi) is 9.83. The fourth-order valence-corrected chi connectivity index (χ4v) is 5.65. The Balaban J connectivity index is 1.19. The van der Waals surface area contributed by atoms with Gasteiger partial charge in [-0.1, -0.05) is 48.0 Å². The van der Waals surface area contributed by atoms with E-state index in [1.165, 1.54) is 23.5 Å². The Morgan fingerprint density at radius 2 is 1.14 bits per heavy atom. The molecular formula is C22H26N8O2S4. The van der Waals surface area contributed by atoms with E-state index in [-0.39, 0.29) is 11.8 Å². The molecule has 2 saturated heterocycles. The quantitative estimate of drug-likeness (QED) is 0.347. The van der Waals surface area contributed by atoms with E-state index in [0.717, 1.165) is 34.6 Å². The Morgan fingerprint density at radius 3 is 1.53 bits per heavy atom. The molecule has 2 aliphatic rings. The van der Waals surface area contributed by atoms with Gasteiger partial charge in [-0.3, -0.25) is 30.4 Å². The highest BCUT2D eigenvalue weighted by molar-refractivity contribution is 8.23. The average molecular weight is 563 g/mol. The Hall–Kier alpha value is -2.36. The van der Waals surface area contributed by atoms with Crippen LogP contribution in [0.15, 0.2) is 49.1 Å². The topological polar surface area (TPSA) is 96.9 Å². The maximum absolute atomic E-state index is 12.4. The van der Waals surface area contributed by atoms with Crippen molar-refractivity contribution in [3.63, 3.8) is 0 Å². The number of hydrogen-bond donors (Lipinski definition) is 2. The highest BCUT2D eigenvalue weighted by Gasteiger charge is 2.25. The van der Waals surface area contributed by atoms with Crippen LogP contribution in [0.25, 0.3) is 0 Å². The lowest BCUT2D eigenvalue weighted by atomic mass is 10.2. The van der Waals surface area contributed by atoms with Gasteiger partial charge in [-0.15, -0.1) is 0 Å². The molecule has 10 nitrogen and oxygen atoms in total. The van der Waals surface area contributed by atoms with Gasteiger partial charge >= 0.3 is 0 Å². The van der Waals surface area contributed by atoms with Crippen molar-refractivity contribution in [2.45, 2.75) is 12.8 Å². The molecule has 2 N–H and O–H groups in total. The van der Waals surface area contributed by atoms with Gasteiger partial charge in [-0.2, -0.15) is 10.0 Å². The SMILES string of the molecule is O=C(NN1CSC(=S)N(CCCCN2CN(NC(=O)c3ccncc3)CSC2=S)C1)c1ccncc1. The zero-order chi connectivity index (χ0) is 25.3. The number of hydrogen-bond acceptors (Lipinski definition) is 10. The van der Waals surface area contributed by atoms with Crippen molar-refractivity contribution in [3.8, 4) is 0 Å². The summed E-state index contributed by atoms with van der Waals surface area (Å²) in [6.07, 6.45) is 8.23. The van der Waals surface area contributed by atoms with Crippen molar-refractivity contribution in [2.75, 3.05) is 38.2 Å². The first-order valence-electron chi connectivity index (χ1n) is 11.2. The van der Waals surface area contributed by atoms with Crippen molar-refractivity contribution in [3.05, 3.63) is 60.2 Å². The first-order valence-corrected chi connectivity index (χ1v) is 14.0. The van der Waals surface area contributed by atoms with Crippen LogP contribution in [-0.2, 0) is 0 Å². The van der Waals surface area contributed by atoms with Crippen LogP contribution in [0.4, 0.5) is 0 Å². The fraction of sp³-hybridized carbons (Fsp3) is 0.364. The zero-order valence-electron chi connectivity index (χ0n) is 19.4. The number of rotatable bonds is 9. The number of thiocarbonyl (C=S) groups is 2. The third-order valence-corrected chi connectivity index (χ3v) is 8.51. The highest BCUT2D eigenvalue weighted by Crippen LogP contribution is 2.20. The average Bonchev–Trinajstić information content (AvgIpc) is 2.91. The van der Waals surface area contributed by atoms with Gasteiger partial charge in [0.1, 0.15) is 8.64 Å². The summed E-state index contributed by atoms with van der Waals surface area (Å²) in [5.74, 6) is 0.879. The number of thioether (sulfide) groups is 2. The molecule has 190 valence electrons. The summed E-state index contributed by atoms with van der Waals surface area (Å²) in [7, 11) is 0. The second-order valence-corrected chi connectivity index (χ2v) is 11.2.